The van der Waals surface area contributed by atoms with Gasteiger partial charge in [-0.25, -0.2) is 9.36 Å². The smallest absolute Gasteiger partial charge is 0.463 e. The fourth-order valence-corrected chi connectivity index (χ4v) is 5.15. The fraction of sp³-hybridized carbons (Fsp3) is 0.706. The Bertz CT molecular complexity index is 944. The van der Waals surface area contributed by atoms with Crippen molar-refractivity contribution in [3.8, 4) is 0 Å². The Labute approximate surface area is 177 Å². The van der Waals surface area contributed by atoms with Crippen LogP contribution in [0.2, 0.25) is 0 Å². The van der Waals surface area contributed by atoms with Gasteiger partial charge in [-0.05, 0) is 27.2 Å². The maximum absolute atomic E-state index is 12.8. The van der Waals surface area contributed by atoms with Gasteiger partial charge in [0.2, 0.25) is 0 Å². The average Bonchev–Trinajstić information content (AvgIpc) is 2.89. The van der Waals surface area contributed by atoms with E-state index in [9.17, 15) is 18.9 Å². The zero-order chi connectivity index (χ0) is 22.1. The van der Waals surface area contributed by atoms with Gasteiger partial charge in [0.1, 0.15) is 17.1 Å². The summed E-state index contributed by atoms with van der Waals surface area (Å²) < 4.78 is 40.8. The molecule has 0 aliphatic carbocycles. The second-order valence-electron chi connectivity index (χ2n) is 7.44. The lowest BCUT2D eigenvalue weighted by Gasteiger charge is -2.34. The minimum Gasteiger partial charge on any atom is -0.463 e. The quantitative estimate of drug-likeness (QED) is 0.275. The van der Waals surface area contributed by atoms with Gasteiger partial charge in [0.15, 0.2) is 6.23 Å². The second-order valence-corrected chi connectivity index (χ2v) is 9.88. The molecule has 0 spiro atoms. The van der Waals surface area contributed by atoms with Crippen molar-refractivity contribution in [1.82, 2.24) is 9.55 Å². The van der Waals surface area contributed by atoms with E-state index in [1.807, 2.05) is 0 Å². The highest BCUT2D eigenvalue weighted by Gasteiger charge is 2.60. The van der Waals surface area contributed by atoms with Crippen molar-refractivity contribution in [2.45, 2.75) is 63.0 Å². The summed E-state index contributed by atoms with van der Waals surface area (Å²) in [5.74, 6) is -0.385. The predicted molar refractivity (Wildman–Crippen MR) is 104 cm³/mol. The maximum atomic E-state index is 12.8. The third-order valence-corrected chi connectivity index (χ3v) is 6.42. The molecule has 11 nitrogen and oxygen atoms in total. The first-order chi connectivity index (χ1) is 14.0. The molecule has 168 valence electrons. The minimum atomic E-state index is -3.95. The minimum absolute atomic E-state index is 0.0511. The van der Waals surface area contributed by atoms with Gasteiger partial charge in [-0.1, -0.05) is 0 Å². The topological polar surface area (TPSA) is 135 Å². The first-order valence-electron chi connectivity index (χ1n) is 9.45. The Morgan fingerprint density at radius 3 is 2.87 bits per heavy atom. The summed E-state index contributed by atoms with van der Waals surface area (Å²) in [5.41, 5.74) is -1.26. The molecule has 30 heavy (non-hydrogen) atoms. The Kier molecular flexibility index (Phi) is 6.91. The van der Waals surface area contributed by atoms with Crippen LogP contribution in [0.1, 0.15) is 39.8 Å². The van der Waals surface area contributed by atoms with Gasteiger partial charge in [0.25, 0.3) is 5.56 Å². The Hall–Kier alpha value is -1.49. The SMILES string of the molecule is CC(C)OC(=O)CCCOP1(=O)OC[C@H]2O[C@@H](n3ccc(=O)[nH]c3=O)[C@](C)(Cl)[C@@H]2O1. The first-order valence-corrected chi connectivity index (χ1v) is 11.3. The Morgan fingerprint density at radius 2 is 2.20 bits per heavy atom. The molecule has 0 amide bonds. The van der Waals surface area contributed by atoms with Gasteiger partial charge in [-0.2, -0.15) is 0 Å². The number of hydrogen-bond donors (Lipinski definition) is 1. The van der Waals surface area contributed by atoms with E-state index in [1.165, 1.54) is 6.20 Å². The van der Waals surface area contributed by atoms with E-state index >= 15 is 0 Å². The third kappa shape index (κ3) is 5.04. The van der Waals surface area contributed by atoms with Crippen LogP contribution in [-0.4, -0.2) is 51.9 Å². The summed E-state index contributed by atoms with van der Waals surface area (Å²) in [6.45, 7) is 4.87. The molecule has 2 fully saturated rings. The van der Waals surface area contributed by atoms with Crippen molar-refractivity contribution >= 4 is 25.4 Å². The molecule has 0 radical (unpaired) electrons. The number of aromatic amines is 1. The highest BCUT2D eigenvalue weighted by molar-refractivity contribution is 7.48. The number of nitrogens with zero attached hydrogens (tertiary/aromatic N) is 1. The van der Waals surface area contributed by atoms with Crippen molar-refractivity contribution in [2.24, 2.45) is 0 Å². The van der Waals surface area contributed by atoms with E-state index in [0.717, 1.165) is 10.6 Å². The number of fused-ring (bicyclic) bond motifs is 1. The van der Waals surface area contributed by atoms with Crippen molar-refractivity contribution in [3.63, 3.8) is 0 Å². The van der Waals surface area contributed by atoms with Crippen molar-refractivity contribution in [2.75, 3.05) is 13.2 Å². The van der Waals surface area contributed by atoms with Crippen LogP contribution in [0.15, 0.2) is 21.9 Å². The van der Waals surface area contributed by atoms with E-state index in [-0.39, 0.29) is 38.1 Å². The molecular formula is C17H24ClN2O9P. The Balaban J connectivity index is 1.63. The zero-order valence-electron chi connectivity index (χ0n) is 16.7. The molecule has 3 rings (SSSR count). The molecule has 5 atom stereocenters. The van der Waals surface area contributed by atoms with E-state index < -0.39 is 42.4 Å². The maximum Gasteiger partial charge on any atom is 0.475 e. The van der Waals surface area contributed by atoms with Crippen molar-refractivity contribution in [1.29, 1.82) is 0 Å². The lowest BCUT2D eigenvalue weighted by Crippen LogP contribution is -2.45. The molecule has 2 aliphatic rings. The number of phosphoric acid groups is 1. The third-order valence-electron chi connectivity index (χ3n) is 4.57. The van der Waals surface area contributed by atoms with Gasteiger partial charge in [0.05, 0.1) is 19.3 Å². The van der Waals surface area contributed by atoms with Crippen LogP contribution in [0.25, 0.3) is 0 Å². The normalized spacial score (nSPS) is 33.4. The molecule has 1 unspecified atom stereocenters. The van der Waals surface area contributed by atoms with Crippen LogP contribution in [-0.2, 0) is 32.4 Å². The van der Waals surface area contributed by atoms with Gasteiger partial charge >= 0.3 is 19.5 Å². The standard InChI is InChI=1S/C17H24ClN2O9P/c1-10(2)27-13(22)5-4-8-25-30(24)26-9-11-14(29-30)17(3,18)15(28-11)20-7-6-12(21)19-16(20)23/h6-7,10-11,14-15H,4-5,8-9H2,1-3H3,(H,19,21,23)/t11-,14-,15-,17-,30?/m1/s1. The summed E-state index contributed by atoms with van der Waals surface area (Å²) in [7, 11) is -3.95. The molecule has 0 bridgehead atoms. The van der Waals surface area contributed by atoms with Crippen molar-refractivity contribution < 1.29 is 32.4 Å². The lowest BCUT2D eigenvalue weighted by molar-refractivity contribution is -0.147. The number of hydrogen-bond acceptors (Lipinski definition) is 9. The summed E-state index contributed by atoms with van der Waals surface area (Å²) in [6.07, 6.45) is -1.21. The van der Waals surface area contributed by atoms with Crippen LogP contribution in [0.4, 0.5) is 0 Å². The average molecular weight is 467 g/mol. The van der Waals surface area contributed by atoms with Gasteiger partial charge in [0, 0.05) is 18.7 Å². The van der Waals surface area contributed by atoms with Crippen LogP contribution in [0.3, 0.4) is 0 Å². The number of halogens is 1. The predicted octanol–water partition coefficient (Wildman–Crippen LogP) is 1.70. The van der Waals surface area contributed by atoms with Crippen LogP contribution in [0.5, 0.6) is 0 Å². The Morgan fingerprint density at radius 1 is 1.47 bits per heavy atom. The summed E-state index contributed by atoms with van der Waals surface area (Å²) in [6, 6.07) is 1.16. The van der Waals surface area contributed by atoms with Gasteiger partial charge < -0.3 is 9.47 Å². The fourth-order valence-electron chi connectivity index (χ4n) is 3.24. The summed E-state index contributed by atoms with van der Waals surface area (Å²) in [5, 5.41) is 0. The number of H-pyrrole nitrogens is 1. The molecule has 2 aliphatic heterocycles. The second kappa shape index (κ2) is 8.94. The van der Waals surface area contributed by atoms with E-state index in [1.54, 1.807) is 20.8 Å². The summed E-state index contributed by atoms with van der Waals surface area (Å²) in [4.78, 5) is 35.8. The van der Waals surface area contributed by atoms with E-state index in [2.05, 4.69) is 4.98 Å². The number of phosphoric ester groups is 1. The molecule has 1 N–H and O–H groups in total. The number of rotatable bonds is 7. The van der Waals surface area contributed by atoms with E-state index in [4.69, 9.17) is 34.6 Å². The van der Waals surface area contributed by atoms with Gasteiger partial charge in [-0.15, -0.1) is 11.6 Å². The number of ether oxygens (including phenoxy) is 2. The number of alkyl halides is 1. The molecule has 2 saturated heterocycles. The highest BCUT2D eigenvalue weighted by atomic mass is 35.5. The van der Waals surface area contributed by atoms with Crippen LogP contribution in [0, 0.1) is 0 Å². The first kappa shape index (κ1) is 23.2. The number of carbonyl (C=O) groups excluding carboxylic acids is 1. The van der Waals surface area contributed by atoms with Crippen molar-refractivity contribution in [3.05, 3.63) is 33.1 Å². The number of esters is 1. The lowest BCUT2D eigenvalue weighted by atomic mass is 10.0. The largest absolute Gasteiger partial charge is 0.475 e. The summed E-state index contributed by atoms with van der Waals surface area (Å²) >= 11 is 6.64. The van der Waals surface area contributed by atoms with Crippen LogP contribution < -0.4 is 11.2 Å². The zero-order valence-corrected chi connectivity index (χ0v) is 18.4. The highest BCUT2D eigenvalue weighted by Crippen LogP contribution is 2.59. The molecule has 0 aromatic carbocycles. The number of nitrogens with one attached hydrogen (secondary N) is 1. The molecular weight excluding hydrogens is 443 g/mol. The molecule has 0 saturated carbocycles. The van der Waals surface area contributed by atoms with Gasteiger partial charge in [-0.3, -0.25) is 32.7 Å². The molecule has 13 heteroatoms. The van der Waals surface area contributed by atoms with Crippen LogP contribution >= 0.6 is 19.4 Å². The monoisotopic (exact) mass is 466 g/mol. The number of carbonyl (C=O) groups is 1. The number of aromatic nitrogens is 2. The molecule has 3 heterocycles. The molecule has 1 aromatic heterocycles. The van der Waals surface area contributed by atoms with E-state index in [0.29, 0.717) is 0 Å². The molecule has 1 aromatic rings.